The van der Waals surface area contributed by atoms with Crippen LogP contribution in [-0.4, -0.2) is 14.3 Å². The fourth-order valence-electron chi connectivity index (χ4n) is 2.33. The molecule has 128 valence electrons. The quantitative estimate of drug-likeness (QED) is 0.872. The average Bonchev–Trinajstić information content (AvgIpc) is 2.54. The third-order valence-electron chi connectivity index (χ3n) is 3.90. The van der Waals surface area contributed by atoms with Gasteiger partial charge in [0, 0.05) is 5.56 Å². The molecule has 1 amide bonds. The van der Waals surface area contributed by atoms with Crippen molar-refractivity contribution < 1.29 is 13.2 Å². The Morgan fingerprint density at radius 2 is 1.42 bits per heavy atom. The maximum atomic E-state index is 12.3. The van der Waals surface area contributed by atoms with Gasteiger partial charge in [0.25, 0.3) is 5.91 Å². The minimum atomic E-state index is -3.75. The molecule has 0 aromatic heterocycles. The smallest absolute Gasteiger partial charge is 0.251 e. The zero-order valence-electron chi connectivity index (χ0n) is 14.0. The lowest BCUT2D eigenvalue weighted by Crippen LogP contribution is -2.26. The summed E-state index contributed by atoms with van der Waals surface area (Å²) in [6, 6.07) is 13.5. The van der Waals surface area contributed by atoms with Crippen LogP contribution in [0.3, 0.4) is 0 Å². The Hall–Kier alpha value is -2.18. The summed E-state index contributed by atoms with van der Waals surface area (Å²) in [6.45, 7) is 6.16. The van der Waals surface area contributed by atoms with Gasteiger partial charge < -0.3 is 5.32 Å². The van der Waals surface area contributed by atoms with Gasteiger partial charge in [0.05, 0.1) is 10.9 Å². The lowest BCUT2D eigenvalue weighted by atomic mass is 9.99. The highest BCUT2D eigenvalue weighted by atomic mass is 32.2. The first-order valence-corrected chi connectivity index (χ1v) is 9.26. The summed E-state index contributed by atoms with van der Waals surface area (Å²) in [4.78, 5) is 12.3. The number of rotatable bonds is 5. The lowest BCUT2D eigenvalue weighted by molar-refractivity contribution is 0.0940. The van der Waals surface area contributed by atoms with Crippen molar-refractivity contribution in [2.75, 3.05) is 0 Å². The second-order valence-corrected chi connectivity index (χ2v) is 7.65. The van der Waals surface area contributed by atoms with E-state index in [1.165, 1.54) is 29.8 Å². The van der Waals surface area contributed by atoms with Crippen LogP contribution in [0.4, 0.5) is 0 Å². The highest BCUT2D eigenvalue weighted by Crippen LogP contribution is 2.19. The summed E-state index contributed by atoms with van der Waals surface area (Å²) >= 11 is 0. The van der Waals surface area contributed by atoms with Gasteiger partial charge in [-0.3, -0.25) is 4.79 Å². The Morgan fingerprint density at radius 3 is 1.88 bits per heavy atom. The Balaban J connectivity index is 2.08. The molecule has 0 bridgehead atoms. The number of sulfonamides is 1. The third kappa shape index (κ3) is 4.43. The van der Waals surface area contributed by atoms with Crippen LogP contribution in [-0.2, 0) is 10.0 Å². The minimum Gasteiger partial charge on any atom is -0.346 e. The van der Waals surface area contributed by atoms with Gasteiger partial charge in [-0.15, -0.1) is 0 Å². The molecule has 1 atom stereocenters. The van der Waals surface area contributed by atoms with Crippen LogP contribution in [0.15, 0.2) is 53.4 Å². The van der Waals surface area contributed by atoms with Crippen LogP contribution in [0, 0.1) is 0 Å². The number of carbonyl (C=O) groups excluding carboxylic acids is 1. The van der Waals surface area contributed by atoms with Crippen LogP contribution in [0.1, 0.15) is 54.2 Å². The van der Waals surface area contributed by atoms with Gasteiger partial charge in [-0.1, -0.05) is 38.1 Å². The Kier molecular flexibility index (Phi) is 5.41. The zero-order chi connectivity index (χ0) is 17.9. The first-order valence-electron chi connectivity index (χ1n) is 7.72. The van der Waals surface area contributed by atoms with E-state index in [2.05, 4.69) is 31.3 Å². The minimum absolute atomic E-state index is 0.0172. The third-order valence-corrected chi connectivity index (χ3v) is 4.83. The van der Waals surface area contributed by atoms with E-state index in [1.807, 2.05) is 19.1 Å². The predicted octanol–water partition coefficient (Wildman–Crippen LogP) is 2.95. The average molecular weight is 346 g/mol. The largest absolute Gasteiger partial charge is 0.346 e. The van der Waals surface area contributed by atoms with E-state index in [0.717, 1.165) is 5.56 Å². The van der Waals surface area contributed by atoms with Crippen molar-refractivity contribution in [2.45, 2.75) is 37.6 Å². The highest BCUT2D eigenvalue weighted by molar-refractivity contribution is 7.89. The number of nitrogens with two attached hydrogens (primary N) is 1. The Morgan fingerprint density at radius 1 is 0.917 bits per heavy atom. The van der Waals surface area contributed by atoms with Crippen LogP contribution >= 0.6 is 0 Å². The van der Waals surface area contributed by atoms with Crippen molar-refractivity contribution in [3.63, 3.8) is 0 Å². The molecular weight excluding hydrogens is 324 g/mol. The van der Waals surface area contributed by atoms with E-state index < -0.39 is 10.0 Å². The molecule has 0 saturated heterocycles. The monoisotopic (exact) mass is 346 g/mol. The van der Waals surface area contributed by atoms with Crippen molar-refractivity contribution in [3.05, 3.63) is 65.2 Å². The van der Waals surface area contributed by atoms with E-state index in [9.17, 15) is 13.2 Å². The second kappa shape index (κ2) is 7.15. The molecule has 2 aromatic carbocycles. The molecule has 2 aromatic rings. The number of amides is 1. The fraction of sp³-hybridized carbons (Fsp3) is 0.278. The van der Waals surface area contributed by atoms with Crippen molar-refractivity contribution in [2.24, 2.45) is 5.14 Å². The van der Waals surface area contributed by atoms with Gasteiger partial charge in [0.15, 0.2) is 0 Å². The molecule has 24 heavy (non-hydrogen) atoms. The number of primary sulfonamides is 1. The predicted molar refractivity (Wildman–Crippen MR) is 94.2 cm³/mol. The molecule has 5 nitrogen and oxygen atoms in total. The molecule has 0 radical (unpaired) electrons. The highest BCUT2D eigenvalue weighted by Gasteiger charge is 2.13. The molecule has 3 N–H and O–H groups in total. The Bertz CT molecular complexity index is 810. The fourth-order valence-corrected chi connectivity index (χ4v) is 2.84. The normalized spacial score (nSPS) is 12.9. The van der Waals surface area contributed by atoms with Gasteiger partial charge in [-0.05, 0) is 48.2 Å². The molecule has 0 aliphatic heterocycles. The number of hydrogen-bond acceptors (Lipinski definition) is 3. The molecule has 0 spiro atoms. The van der Waals surface area contributed by atoms with Gasteiger partial charge in [-0.2, -0.15) is 0 Å². The Labute approximate surface area is 142 Å². The molecule has 0 unspecified atom stereocenters. The standard InChI is InChI=1S/C18H22N2O3S/c1-12(2)14-4-6-15(7-5-14)13(3)20-18(21)16-8-10-17(11-9-16)24(19,22)23/h4-13H,1-3H3,(H,20,21)(H2,19,22,23)/t13-/m0/s1. The molecule has 0 aliphatic carbocycles. The number of hydrogen-bond donors (Lipinski definition) is 2. The van der Waals surface area contributed by atoms with Gasteiger partial charge in [0.1, 0.15) is 0 Å². The van der Waals surface area contributed by atoms with E-state index in [1.54, 1.807) is 0 Å². The van der Waals surface area contributed by atoms with E-state index >= 15 is 0 Å². The lowest BCUT2D eigenvalue weighted by Gasteiger charge is -2.15. The van der Waals surface area contributed by atoms with E-state index in [-0.39, 0.29) is 16.8 Å². The molecule has 2 rings (SSSR count). The molecule has 0 aliphatic rings. The topological polar surface area (TPSA) is 89.3 Å². The summed E-state index contributed by atoms with van der Waals surface area (Å²) in [7, 11) is -3.75. The van der Waals surface area contributed by atoms with Crippen molar-refractivity contribution >= 4 is 15.9 Å². The van der Waals surface area contributed by atoms with Crippen LogP contribution in [0.5, 0.6) is 0 Å². The van der Waals surface area contributed by atoms with Gasteiger partial charge >= 0.3 is 0 Å². The zero-order valence-corrected chi connectivity index (χ0v) is 14.8. The van der Waals surface area contributed by atoms with Gasteiger partial charge in [0.2, 0.25) is 10.0 Å². The van der Waals surface area contributed by atoms with Crippen LogP contribution in [0.2, 0.25) is 0 Å². The first-order chi connectivity index (χ1) is 11.2. The SMILES string of the molecule is CC(C)c1ccc([C@H](C)NC(=O)c2ccc(S(N)(=O)=O)cc2)cc1. The maximum Gasteiger partial charge on any atom is 0.251 e. The van der Waals surface area contributed by atoms with E-state index in [0.29, 0.717) is 11.5 Å². The maximum absolute atomic E-state index is 12.3. The summed E-state index contributed by atoms with van der Waals surface area (Å²) in [5, 5.41) is 7.94. The molecule has 0 fully saturated rings. The summed E-state index contributed by atoms with van der Waals surface area (Å²) in [5.74, 6) is 0.192. The second-order valence-electron chi connectivity index (χ2n) is 6.09. The van der Waals surface area contributed by atoms with Crippen molar-refractivity contribution in [3.8, 4) is 0 Å². The van der Waals surface area contributed by atoms with Crippen molar-refractivity contribution in [1.29, 1.82) is 0 Å². The first kappa shape index (κ1) is 18.2. The summed E-state index contributed by atoms with van der Waals surface area (Å²) in [5.41, 5.74) is 2.64. The van der Waals surface area contributed by atoms with E-state index in [4.69, 9.17) is 5.14 Å². The number of nitrogens with one attached hydrogen (secondary N) is 1. The molecule has 0 saturated carbocycles. The summed E-state index contributed by atoms with van der Waals surface area (Å²) < 4.78 is 22.5. The number of benzene rings is 2. The van der Waals surface area contributed by atoms with Crippen molar-refractivity contribution in [1.82, 2.24) is 5.32 Å². The van der Waals surface area contributed by atoms with Gasteiger partial charge in [-0.25, -0.2) is 13.6 Å². The molecular formula is C18H22N2O3S. The summed E-state index contributed by atoms with van der Waals surface area (Å²) in [6.07, 6.45) is 0. The van der Waals surface area contributed by atoms with Crippen LogP contribution < -0.4 is 10.5 Å². The molecule has 0 heterocycles. The molecule has 6 heteroatoms. The van der Waals surface area contributed by atoms with Crippen LogP contribution in [0.25, 0.3) is 0 Å². The number of carbonyl (C=O) groups is 1.